The van der Waals surface area contributed by atoms with Gasteiger partial charge in [0, 0.05) is 17.8 Å². The summed E-state index contributed by atoms with van der Waals surface area (Å²) in [5.41, 5.74) is -0.964. The molecule has 6 saturated carbocycles. The van der Waals surface area contributed by atoms with Crippen LogP contribution in [0.25, 0.3) is 0 Å². The summed E-state index contributed by atoms with van der Waals surface area (Å²) < 4.78 is 85.3. The first-order chi connectivity index (χ1) is 17.1. The number of hydrogen-bond donors (Lipinski definition) is 0. The number of carbonyl (C=O) groups excluding carboxylic acids is 1. The van der Waals surface area contributed by atoms with Crippen LogP contribution in [0.4, 0.5) is 17.6 Å². The van der Waals surface area contributed by atoms with Crippen LogP contribution in [0.3, 0.4) is 0 Å². The van der Waals surface area contributed by atoms with E-state index in [9.17, 15) is 22.4 Å². The molecule has 1 spiro atoms. The maximum Gasteiger partial charge on any atom is 0.335 e. The fourth-order valence-corrected chi connectivity index (χ4v) is 8.90. The lowest BCUT2D eigenvalue weighted by molar-refractivity contribution is -0.329. The molecule has 202 valence electrons. The molecule has 0 N–H and O–H groups in total. The normalized spacial score (nSPS) is 52.1. The largest absolute Gasteiger partial charge is 0.465 e. The fraction of sp³-hybridized carbons (Fsp3) is 0.962. The highest BCUT2D eigenvalue weighted by atomic mass is 19.3. The lowest BCUT2D eigenvalue weighted by Crippen LogP contribution is -2.54. The van der Waals surface area contributed by atoms with Gasteiger partial charge in [0.15, 0.2) is 5.79 Å². The molecule has 0 aromatic heterocycles. The molecule has 2 aliphatic heterocycles. The zero-order chi connectivity index (χ0) is 24.9. The van der Waals surface area contributed by atoms with Gasteiger partial charge in [-0.25, -0.2) is 0 Å². The van der Waals surface area contributed by atoms with Crippen molar-refractivity contribution in [3.05, 3.63) is 0 Å². The lowest BCUT2D eigenvalue weighted by atomic mass is 9.74. The van der Waals surface area contributed by atoms with Gasteiger partial charge in [-0.1, -0.05) is 0 Å². The molecule has 6 aliphatic carbocycles. The Balaban J connectivity index is 0.985. The molecule has 0 aromatic rings. The molecule has 8 aliphatic rings. The van der Waals surface area contributed by atoms with E-state index >= 15 is 0 Å². The van der Waals surface area contributed by atoms with Crippen LogP contribution in [0.1, 0.15) is 51.4 Å². The first-order valence-corrected chi connectivity index (χ1v) is 13.5. The second-order valence-electron chi connectivity index (χ2n) is 12.8. The summed E-state index contributed by atoms with van der Waals surface area (Å²) in [6.07, 6.45) is 4.66. The number of ether oxygens (including phenoxy) is 5. The summed E-state index contributed by atoms with van der Waals surface area (Å²) >= 11 is 0. The van der Waals surface area contributed by atoms with Gasteiger partial charge in [0.05, 0.1) is 37.4 Å². The highest BCUT2D eigenvalue weighted by Gasteiger charge is 2.66. The van der Waals surface area contributed by atoms with E-state index in [0.717, 1.165) is 5.92 Å². The third kappa shape index (κ3) is 3.53. The van der Waals surface area contributed by atoms with Gasteiger partial charge in [0.2, 0.25) is 0 Å². The molecule has 6 nitrogen and oxygen atoms in total. The second kappa shape index (κ2) is 8.02. The Hall–Kier alpha value is -0.970. The van der Waals surface area contributed by atoms with Crippen LogP contribution in [0.5, 0.6) is 0 Å². The van der Waals surface area contributed by atoms with E-state index < -0.39 is 54.4 Å². The third-order valence-electron chi connectivity index (χ3n) is 10.5. The molecule has 8 unspecified atom stereocenters. The topological polar surface area (TPSA) is 63.2 Å². The Labute approximate surface area is 207 Å². The summed E-state index contributed by atoms with van der Waals surface area (Å²) in [5, 5.41) is 0. The minimum Gasteiger partial charge on any atom is -0.465 e. The van der Waals surface area contributed by atoms with E-state index in [1.807, 2.05) is 0 Å². The summed E-state index contributed by atoms with van der Waals surface area (Å²) in [5.74, 6) is -7.33. The van der Waals surface area contributed by atoms with Crippen LogP contribution in [-0.4, -0.2) is 68.8 Å². The van der Waals surface area contributed by atoms with E-state index in [2.05, 4.69) is 0 Å². The van der Waals surface area contributed by atoms with Crippen molar-refractivity contribution in [3.8, 4) is 0 Å². The number of hydrogen-bond acceptors (Lipinski definition) is 6. The van der Waals surface area contributed by atoms with Crippen LogP contribution in [-0.2, 0) is 28.5 Å². The molecule has 7 bridgehead atoms. The Morgan fingerprint density at radius 2 is 1.58 bits per heavy atom. The number of rotatable bonds is 3. The van der Waals surface area contributed by atoms with Crippen LogP contribution in [0, 0.1) is 40.9 Å². The molecule has 0 aromatic carbocycles. The average molecular weight is 519 g/mol. The molecule has 2 saturated heterocycles. The molecular weight excluding hydrogens is 484 g/mol. The Morgan fingerprint density at radius 1 is 0.833 bits per heavy atom. The third-order valence-corrected chi connectivity index (χ3v) is 10.5. The minimum atomic E-state index is -4.33. The van der Waals surface area contributed by atoms with E-state index in [1.165, 1.54) is 25.7 Å². The monoisotopic (exact) mass is 518 g/mol. The molecule has 0 radical (unpaired) electrons. The van der Waals surface area contributed by atoms with Gasteiger partial charge in [0.1, 0.15) is 13.2 Å². The standard InChI is InChI=1S/C26H34F4O6/c27-24(28)12-33-19-5-17-6-23(7-19,8-21(17)34-13-25(24,29)30)22(31)32-9-15-10-35-26(36-11-15)18-2-14-1-16(4-18)20(26)3-14/h14-21H,1-13H2. The zero-order valence-electron chi connectivity index (χ0n) is 20.3. The van der Waals surface area contributed by atoms with Crippen molar-refractivity contribution in [2.45, 2.75) is 81.2 Å². The van der Waals surface area contributed by atoms with Crippen molar-refractivity contribution in [3.63, 3.8) is 0 Å². The first-order valence-electron chi connectivity index (χ1n) is 13.5. The predicted octanol–water partition coefficient (Wildman–Crippen LogP) is 4.20. The Bertz CT molecular complexity index is 899. The predicted molar refractivity (Wildman–Crippen MR) is 115 cm³/mol. The smallest absolute Gasteiger partial charge is 0.335 e. The second-order valence-corrected chi connectivity index (χ2v) is 12.8. The van der Waals surface area contributed by atoms with Crippen LogP contribution < -0.4 is 0 Å². The number of esters is 1. The van der Waals surface area contributed by atoms with Gasteiger partial charge >= 0.3 is 17.8 Å². The summed E-state index contributed by atoms with van der Waals surface area (Å²) in [6.45, 7) is -1.67. The van der Waals surface area contributed by atoms with Gasteiger partial charge in [-0.3, -0.25) is 4.79 Å². The van der Waals surface area contributed by atoms with Gasteiger partial charge in [-0.05, 0) is 69.1 Å². The van der Waals surface area contributed by atoms with Crippen molar-refractivity contribution < 1.29 is 46.0 Å². The average Bonchev–Trinajstić information content (AvgIpc) is 3.37. The van der Waals surface area contributed by atoms with Crippen LogP contribution in [0.2, 0.25) is 0 Å². The highest BCUT2D eigenvalue weighted by molar-refractivity contribution is 5.77. The highest BCUT2D eigenvalue weighted by Crippen LogP contribution is 2.65. The van der Waals surface area contributed by atoms with Crippen molar-refractivity contribution >= 4 is 5.97 Å². The van der Waals surface area contributed by atoms with E-state index in [4.69, 9.17) is 23.7 Å². The first kappa shape index (κ1) is 24.1. The van der Waals surface area contributed by atoms with Gasteiger partial charge < -0.3 is 23.7 Å². The number of carbonyl (C=O) groups is 1. The number of alkyl halides is 4. The molecule has 8 atom stereocenters. The van der Waals surface area contributed by atoms with Crippen molar-refractivity contribution in [1.29, 1.82) is 0 Å². The van der Waals surface area contributed by atoms with E-state index in [1.54, 1.807) is 0 Å². The Kier molecular flexibility index (Phi) is 5.37. The molecule has 2 heterocycles. The molecule has 36 heavy (non-hydrogen) atoms. The lowest BCUT2D eigenvalue weighted by Gasteiger charge is -2.47. The van der Waals surface area contributed by atoms with Gasteiger partial charge in [-0.15, -0.1) is 0 Å². The molecule has 10 heteroatoms. The van der Waals surface area contributed by atoms with Gasteiger partial charge in [-0.2, -0.15) is 17.6 Å². The number of halogens is 4. The Morgan fingerprint density at radius 3 is 2.33 bits per heavy atom. The fourth-order valence-electron chi connectivity index (χ4n) is 8.90. The van der Waals surface area contributed by atoms with Crippen molar-refractivity contribution in [1.82, 2.24) is 0 Å². The van der Waals surface area contributed by atoms with E-state index in [0.29, 0.717) is 43.8 Å². The van der Waals surface area contributed by atoms with Crippen LogP contribution >= 0.6 is 0 Å². The summed E-state index contributed by atoms with van der Waals surface area (Å²) in [6, 6.07) is 0. The quantitative estimate of drug-likeness (QED) is 0.412. The maximum atomic E-state index is 14.1. The summed E-state index contributed by atoms with van der Waals surface area (Å²) in [7, 11) is 0. The van der Waals surface area contributed by atoms with Crippen molar-refractivity contribution in [2.75, 3.05) is 33.0 Å². The zero-order valence-corrected chi connectivity index (χ0v) is 20.3. The van der Waals surface area contributed by atoms with Crippen molar-refractivity contribution in [2.24, 2.45) is 40.9 Å². The molecular formula is C26H34F4O6. The summed E-state index contributed by atoms with van der Waals surface area (Å²) in [4.78, 5) is 13.3. The number of fused-ring (bicyclic) bond motifs is 2. The van der Waals surface area contributed by atoms with E-state index in [-0.39, 0.29) is 31.3 Å². The minimum absolute atomic E-state index is 0.0772. The molecule has 0 amide bonds. The SMILES string of the molecule is O=C(OCC1COC2(OC1)C1CC3CC(C1)C2C3)C12CC3CC(C1)C(C2)OCC(F)(F)C(F)(F)CO3. The maximum absolute atomic E-state index is 14.1. The molecule has 8 fully saturated rings. The van der Waals surface area contributed by atoms with Crippen LogP contribution in [0.15, 0.2) is 0 Å². The van der Waals surface area contributed by atoms with Gasteiger partial charge in [0.25, 0.3) is 0 Å². The molecule has 8 rings (SSSR count).